The number of fused-ring (bicyclic) bond motifs is 3. The van der Waals surface area contributed by atoms with Gasteiger partial charge in [0, 0.05) is 30.8 Å². The van der Waals surface area contributed by atoms with E-state index in [0.717, 1.165) is 11.1 Å². The Morgan fingerprint density at radius 2 is 1.77 bits per heavy atom. The normalized spacial score (nSPS) is 16.6. The molecule has 1 atom stereocenters. The summed E-state index contributed by atoms with van der Waals surface area (Å²) >= 11 is 1.24. The number of aliphatic carboxylic acids is 1. The zero-order chi connectivity index (χ0) is 24.4. The Morgan fingerprint density at radius 3 is 2.46 bits per heavy atom. The number of aromatic nitrogens is 1. The summed E-state index contributed by atoms with van der Waals surface area (Å²) in [5.74, 6) is -0.954. The second-order valence-corrected chi connectivity index (χ2v) is 9.72. The highest BCUT2D eigenvalue weighted by Gasteiger charge is 2.30. The summed E-state index contributed by atoms with van der Waals surface area (Å²) in [6.07, 6.45) is 0.302. The molecule has 2 N–H and O–H groups in total. The number of nitrogens with zero attached hydrogens (tertiary/aromatic N) is 2. The first-order valence-electron chi connectivity index (χ1n) is 11.5. The average molecular weight is 492 g/mol. The minimum atomic E-state index is -0.840. The number of carbonyl (C=O) groups excluding carboxylic acids is 2. The van der Waals surface area contributed by atoms with Crippen LogP contribution in [0.25, 0.3) is 11.1 Å². The van der Waals surface area contributed by atoms with Gasteiger partial charge in [0.15, 0.2) is 5.13 Å². The van der Waals surface area contributed by atoms with E-state index in [1.54, 1.807) is 10.3 Å². The van der Waals surface area contributed by atoms with Crippen molar-refractivity contribution in [3.8, 4) is 11.1 Å². The van der Waals surface area contributed by atoms with Crippen LogP contribution in [0.1, 0.15) is 35.6 Å². The van der Waals surface area contributed by atoms with E-state index in [2.05, 4.69) is 34.6 Å². The molecule has 35 heavy (non-hydrogen) atoms. The fourth-order valence-corrected chi connectivity index (χ4v) is 5.60. The minimum Gasteiger partial charge on any atom is -0.481 e. The fraction of sp³-hybridized carbons (Fsp3) is 0.308. The van der Waals surface area contributed by atoms with Crippen molar-refractivity contribution in [2.24, 2.45) is 5.92 Å². The van der Waals surface area contributed by atoms with Crippen molar-refractivity contribution in [3.63, 3.8) is 0 Å². The number of carboxylic acids is 1. The molecule has 1 unspecified atom stereocenters. The Morgan fingerprint density at radius 1 is 1.09 bits per heavy atom. The number of rotatable bonds is 7. The van der Waals surface area contributed by atoms with E-state index in [1.165, 1.54) is 22.5 Å². The Balaban J connectivity index is 1.14. The molecule has 2 amide bonds. The van der Waals surface area contributed by atoms with Crippen molar-refractivity contribution in [2.45, 2.75) is 25.2 Å². The van der Waals surface area contributed by atoms with Gasteiger partial charge in [0.05, 0.1) is 12.1 Å². The zero-order valence-corrected chi connectivity index (χ0v) is 19.8. The summed E-state index contributed by atoms with van der Waals surface area (Å²) in [4.78, 5) is 41.9. The first-order chi connectivity index (χ1) is 17.0. The molecule has 0 spiro atoms. The lowest BCUT2D eigenvalue weighted by atomic mass is 9.98. The van der Waals surface area contributed by atoms with Crippen LogP contribution in [0.3, 0.4) is 0 Å². The Hall–Kier alpha value is -3.72. The number of hydrogen-bond acceptors (Lipinski definition) is 6. The lowest BCUT2D eigenvalue weighted by Gasteiger charge is -2.15. The number of ether oxygens (including phenoxy) is 1. The van der Waals surface area contributed by atoms with Crippen molar-refractivity contribution in [1.82, 2.24) is 9.88 Å². The van der Waals surface area contributed by atoms with Crippen LogP contribution in [0.5, 0.6) is 0 Å². The summed E-state index contributed by atoms with van der Waals surface area (Å²) in [6.45, 7) is 1.23. The largest absolute Gasteiger partial charge is 0.481 e. The van der Waals surface area contributed by atoms with Gasteiger partial charge in [-0.1, -0.05) is 48.5 Å². The lowest BCUT2D eigenvalue weighted by molar-refractivity contribution is -0.138. The highest BCUT2D eigenvalue weighted by molar-refractivity contribution is 7.13. The predicted octanol–water partition coefficient (Wildman–Crippen LogP) is 4.37. The van der Waals surface area contributed by atoms with E-state index in [9.17, 15) is 14.4 Å². The third-order valence-corrected chi connectivity index (χ3v) is 7.35. The van der Waals surface area contributed by atoms with E-state index in [0.29, 0.717) is 30.3 Å². The fourth-order valence-electron chi connectivity index (χ4n) is 4.91. The number of likely N-dealkylation sites (tertiary alicyclic amines) is 1. The summed E-state index contributed by atoms with van der Waals surface area (Å²) < 4.78 is 5.55. The molecule has 2 aliphatic rings. The molecule has 8 nitrogen and oxygen atoms in total. The van der Waals surface area contributed by atoms with E-state index in [-0.39, 0.29) is 37.2 Å². The molecule has 0 saturated carbocycles. The zero-order valence-electron chi connectivity index (χ0n) is 19.0. The third kappa shape index (κ3) is 5.05. The van der Waals surface area contributed by atoms with Crippen molar-refractivity contribution in [1.29, 1.82) is 0 Å². The van der Waals surface area contributed by atoms with Crippen LogP contribution in [-0.2, 0) is 20.7 Å². The molecule has 1 aliphatic carbocycles. The number of hydrogen-bond donors (Lipinski definition) is 2. The average Bonchev–Trinajstić information content (AvgIpc) is 3.55. The quantitative estimate of drug-likeness (QED) is 0.508. The maximum absolute atomic E-state index is 12.6. The summed E-state index contributed by atoms with van der Waals surface area (Å²) in [7, 11) is 0. The van der Waals surface area contributed by atoms with Gasteiger partial charge in [0.2, 0.25) is 5.91 Å². The van der Waals surface area contributed by atoms with Gasteiger partial charge in [-0.15, -0.1) is 11.3 Å². The number of benzene rings is 2. The van der Waals surface area contributed by atoms with Gasteiger partial charge in [0.1, 0.15) is 6.61 Å². The lowest BCUT2D eigenvalue weighted by Crippen LogP contribution is -2.30. The molecular weight excluding hydrogens is 466 g/mol. The van der Waals surface area contributed by atoms with Gasteiger partial charge < -0.3 is 14.7 Å². The molecule has 1 fully saturated rings. The number of anilines is 1. The van der Waals surface area contributed by atoms with Crippen LogP contribution in [0.2, 0.25) is 0 Å². The molecule has 0 radical (unpaired) electrons. The van der Waals surface area contributed by atoms with Crippen LogP contribution in [0.15, 0.2) is 53.9 Å². The number of carbonyl (C=O) groups is 3. The molecule has 180 valence electrons. The van der Waals surface area contributed by atoms with Crippen molar-refractivity contribution < 1.29 is 24.2 Å². The highest BCUT2D eigenvalue weighted by atomic mass is 32.1. The van der Waals surface area contributed by atoms with Crippen LogP contribution >= 0.6 is 11.3 Å². The summed E-state index contributed by atoms with van der Waals surface area (Å²) in [5.41, 5.74) is 5.18. The summed E-state index contributed by atoms with van der Waals surface area (Å²) in [5, 5.41) is 13.7. The maximum atomic E-state index is 12.6. The first kappa shape index (κ1) is 23.0. The van der Waals surface area contributed by atoms with E-state index in [4.69, 9.17) is 9.84 Å². The Bertz CT molecular complexity index is 1230. The van der Waals surface area contributed by atoms with Crippen LogP contribution < -0.4 is 5.32 Å². The highest BCUT2D eigenvalue weighted by Crippen LogP contribution is 2.44. The van der Waals surface area contributed by atoms with Crippen LogP contribution in [0, 0.1) is 5.92 Å². The first-order valence-corrected chi connectivity index (χ1v) is 12.4. The van der Waals surface area contributed by atoms with Gasteiger partial charge >= 0.3 is 12.1 Å². The molecule has 3 aromatic rings. The van der Waals surface area contributed by atoms with E-state index >= 15 is 0 Å². The minimum absolute atomic E-state index is 0.00215. The molecular formula is C26H25N3O5S. The van der Waals surface area contributed by atoms with Gasteiger partial charge in [-0.05, 0) is 34.6 Å². The second kappa shape index (κ2) is 9.87. The van der Waals surface area contributed by atoms with Crippen molar-refractivity contribution in [2.75, 3.05) is 25.0 Å². The summed E-state index contributed by atoms with van der Waals surface area (Å²) in [6, 6.07) is 16.3. The molecule has 2 aromatic carbocycles. The van der Waals surface area contributed by atoms with Gasteiger partial charge in [-0.25, -0.2) is 9.78 Å². The monoisotopic (exact) mass is 491 g/mol. The van der Waals surface area contributed by atoms with Crippen molar-refractivity contribution in [3.05, 3.63) is 70.7 Å². The number of amides is 2. The number of nitrogens with one attached hydrogen (secondary N) is 1. The smallest absolute Gasteiger partial charge is 0.413 e. The van der Waals surface area contributed by atoms with Crippen LogP contribution in [0.4, 0.5) is 9.93 Å². The maximum Gasteiger partial charge on any atom is 0.413 e. The third-order valence-electron chi connectivity index (χ3n) is 6.54. The SMILES string of the molecule is O=C(O)CC1CCN(C(=O)Cc2csc(NC(=O)OCC3c4ccccc4-c4ccccc43)n2)C1. The Kier molecular flexibility index (Phi) is 6.50. The Labute approximate surface area is 206 Å². The van der Waals surface area contributed by atoms with E-state index in [1.807, 2.05) is 24.3 Å². The van der Waals surface area contributed by atoms with Gasteiger partial charge in [-0.2, -0.15) is 0 Å². The molecule has 9 heteroatoms. The molecule has 1 aromatic heterocycles. The van der Waals surface area contributed by atoms with Crippen LogP contribution in [-0.4, -0.2) is 52.7 Å². The number of thiazole rings is 1. The molecule has 0 bridgehead atoms. The predicted molar refractivity (Wildman–Crippen MR) is 131 cm³/mol. The second-order valence-electron chi connectivity index (χ2n) is 8.86. The van der Waals surface area contributed by atoms with Gasteiger partial charge in [-0.3, -0.25) is 14.9 Å². The molecule has 5 rings (SSSR count). The topological polar surface area (TPSA) is 109 Å². The standard InChI is InChI=1S/C26H25N3O5S/c30-23(29-10-9-16(13-29)11-24(31)32)12-17-15-35-25(27-17)28-26(33)34-14-22-20-7-3-1-5-18(20)19-6-2-4-8-21(19)22/h1-8,15-16,22H,9-14H2,(H,31,32)(H,27,28,33). The molecule has 2 heterocycles. The number of carboxylic acid groups (broad SMARTS) is 1. The van der Waals surface area contributed by atoms with Crippen molar-refractivity contribution >= 4 is 34.4 Å². The molecule has 1 aliphatic heterocycles. The van der Waals surface area contributed by atoms with E-state index < -0.39 is 12.1 Å². The molecule has 1 saturated heterocycles. The van der Waals surface area contributed by atoms with Gasteiger partial charge in [0.25, 0.3) is 0 Å².